The van der Waals surface area contributed by atoms with Gasteiger partial charge >= 0.3 is 0 Å². The number of anilines is 1. The molecule has 0 aliphatic rings. The highest BCUT2D eigenvalue weighted by Crippen LogP contribution is 2.10. The second-order valence-corrected chi connectivity index (χ2v) is 4.62. The van der Waals surface area contributed by atoms with Gasteiger partial charge in [0.25, 0.3) is 5.91 Å². The summed E-state index contributed by atoms with van der Waals surface area (Å²) in [5, 5.41) is 6.87. The molecule has 0 aliphatic carbocycles. The van der Waals surface area contributed by atoms with E-state index in [0.717, 1.165) is 0 Å². The van der Waals surface area contributed by atoms with Crippen molar-refractivity contribution in [2.45, 2.75) is 6.54 Å². The Kier molecular flexibility index (Phi) is 4.64. The van der Waals surface area contributed by atoms with Crippen molar-refractivity contribution in [2.24, 2.45) is 0 Å². The largest absolute Gasteiger partial charge is 0.383 e. The summed E-state index contributed by atoms with van der Waals surface area (Å²) in [5.41, 5.74) is 1.14. The third kappa shape index (κ3) is 3.87. The molecule has 0 aliphatic heterocycles. The highest BCUT2D eigenvalue weighted by atomic mass is 79.9. The van der Waals surface area contributed by atoms with Crippen molar-refractivity contribution in [3.8, 4) is 0 Å². The van der Waals surface area contributed by atoms with Gasteiger partial charge in [-0.1, -0.05) is 0 Å². The summed E-state index contributed by atoms with van der Waals surface area (Å²) in [6, 6.07) is 3.42. The van der Waals surface area contributed by atoms with Gasteiger partial charge in [0, 0.05) is 19.5 Å². The third-order valence-electron chi connectivity index (χ3n) is 2.41. The van der Waals surface area contributed by atoms with Crippen LogP contribution in [-0.2, 0) is 11.3 Å². The van der Waals surface area contributed by atoms with Crippen LogP contribution in [0.1, 0.15) is 10.4 Å². The summed E-state index contributed by atoms with van der Waals surface area (Å²) in [7, 11) is 1.63. The predicted molar refractivity (Wildman–Crippen MR) is 74.0 cm³/mol. The lowest BCUT2D eigenvalue weighted by Gasteiger charge is -2.02. The minimum Gasteiger partial charge on any atom is -0.383 e. The van der Waals surface area contributed by atoms with Crippen LogP contribution < -0.4 is 5.32 Å². The fourth-order valence-corrected chi connectivity index (χ4v) is 1.68. The van der Waals surface area contributed by atoms with Crippen LogP contribution >= 0.6 is 15.9 Å². The number of nitrogens with one attached hydrogen (secondary N) is 1. The molecule has 2 heterocycles. The number of nitrogens with zero attached hydrogens (tertiary/aromatic N) is 3. The monoisotopic (exact) mass is 324 g/mol. The molecule has 19 heavy (non-hydrogen) atoms. The van der Waals surface area contributed by atoms with E-state index in [1.165, 1.54) is 6.20 Å². The molecule has 0 radical (unpaired) electrons. The normalized spacial score (nSPS) is 10.4. The molecule has 2 aromatic rings. The molecule has 1 amide bonds. The number of halogens is 1. The zero-order valence-electron chi connectivity index (χ0n) is 10.3. The van der Waals surface area contributed by atoms with Gasteiger partial charge in [0.2, 0.25) is 0 Å². The van der Waals surface area contributed by atoms with Crippen LogP contribution in [0.25, 0.3) is 0 Å². The number of amides is 1. The molecule has 0 bridgehead atoms. The molecule has 0 aromatic carbocycles. The zero-order chi connectivity index (χ0) is 13.7. The van der Waals surface area contributed by atoms with Gasteiger partial charge in [0.1, 0.15) is 4.60 Å². The van der Waals surface area contributed by atoms with Crippen LogP contribution in [0.15, 0.2) is 35.3 Å². The van der Waals surface area contributed by atoms with E-state index in [1.54, 1.807) is 36.3 Å². The Morgan fingerprint density at radius 3 is 3.00 bits per heavy atom. The molecular formula is C12H13BrN4O2. The fourth-order valence-electron chi connectivity index (χ4n) is 1.45. The van der Waals surface area contributed by atoms with E-state index in [1.807, 2.05) is 0 Å². The Balaban J connectivity index is 1.98. The van der Waals surface area contributed by atoms with Crippen LogP contribution in [0, 0.1) is 0 Å². The van der Waals surface area contributed by atoms with Gasteiger partial charge in [-0.2, -0.15) is 5.10 Å². The maximum atomic E-state index is 11.9. The molecular weight excluding hydrogens is 312 g/mol. The molecule has 100 valence electrons. The number of pyridine rings is 1. The molecule has 6 nitrogen and oxygen atoms in total. The van der Waals surface area contributed by atoms with Gasteiger partial charge in [-0.15, -0.1) is 0 Å². The lowest BCUT2D eigenvalue weighted by atomic mass is 10.2. The first-order valence-corrected chi connectivity index (χ1v) is 6.42. The predicted octanol–water partition coefficient (Wildman–Crippen LogP) is 1.94. The van der Waals surface area contributed by atoms with Crippen molar-refractivity contribution in [2.75, 3.05) is 19.0 Å². The average molecular weight is 325 g/mol. The minimum atomic E-state index is -0.216. The number of rotatable bonds is 5. The highest BCUT2D eigenvalue weighted by Gasteiger charge is 2.07. The molecule has 0 unspecified atom stereocenters. The first-order valence-electron chi connectivity index (χ1n) is 5.63. The fraction of sp³-hybridized carbons (Fsp3) is 0.250. The van der Waals surface area contributed by atoms with Crippen LogP contribution in [-0.4, -0.2) is 34.4 Å². The number of ether oxygens (including phenoxy) is 1. The number of hydrogen-bond donors (Lipinski definition) is 1. The maximum Gasteiger partial charge on any atom is 0.257 e. The van der Waals surface area contributed by atoms with Crippen LogP contribution in [0.2, 0.25) is 0 Å². The summed E-state index contributed by atoms with van der Waals surface area (Å²) in [6.45, 7) is 1.22. The quantitative estimate of drug-likeness (QED) is 0.853. The van der Waals surface area contributed by atoms with E-state index >= 15 is 0 Å². The second-order valence-electron chi connectivity index (χ2n) is 3.81. The van der Waals surface area contributed by atoms with Gasteiger partial charge in [0.05, 0.1) is 30.6 Å². The second kappa shape index (κ2) is 6.44. The SMILES string of the molecule is COCCn1cc(NC(=O)c2ccc(Br)nc2)cn1. The Bertz CT molecular complexity index is 553. The summed E-state index contributed by atoms with van der Waals surface area (Å²) >= 11 is 3.22. The van der Waals surface area contributed by atoms with Crippen molar-refractivity contribution in [3.05, 3.63) is 40.9 Å². The van der Waals surface area contributed by atoms with Crippen molar-refractivity contribution in [1.29, 1.82) is 0 Å². The average Bonchev–Trinajstić information content (AvgIpc) is 2.84. The first kappa shape index (κ1) is 13.7. The van der Waals surface area contributed by atoms with Gasteiger partial charge < -0.3 is 10.1 Å². The zero-order valence-corrected chi connectivity index (χ0v) is 11.9. The number of carbonyl (C=O) groups is 1. The van der Waals surface area contributed by atoms with E-state index in [-0.39, 0.29) is 5.91 Å². The smallest absolute Gasteiger partial charge is 0.257 e. The molecule has 2 aromatic heterocycles. The minimum absolute atomic E-state index is 0.216. The van der Waals surface area contributed by atoms with E-state index in [2.05, 4.69) is 31.3 Å². The number of hydrogen-bond acceptors (Lipinski definition) is 4. The van der Waals surface area contributed by atoms with Crippen molar-refractivity contribution >= 4 is 27.5 Å². The summed E-state index contributed by atoms with van der Waals surface area (Å²) in [6.07, 6.45) is 4.86. The van der Waals surface area contributed by atoms with Crippen molar-refractivity contribution < 1.29 is 9.53 Å². The molecule has 2 rings (SSSR count). The van der Waals surface area contributed by atoms with Gasteiger partial charge in [-0.3, -0.25) is 9.48 Å². The van der Waals surface area contributed by atoms with Crippen molar-refractivity contribution in [3.63, 3.8) is 0 Å². The molecule has 1 N–H and O–H groups in total. The highest BCUT2D eigenvalue weighted by molar-refractivity contribution is 9.10. The number of aromatic nitrogens is 3. The Hall–Kier alpha value is -1.73. The van der Waals surface area contributed by atoms with Gasteiger partial charge in [-0.25, -0.2) is 4.98 Å². The van der Waals surface area contributed by atoms with E-state index in [0.29, 0.717) is 29.0 Å². The van der Waals surface area contributed by atoms with Gasteiger partial charge in [-0.05, 0) is 28.1 Å². The first-order chi connectivity index (χ1) is 9.19. The van der Waals surface area contributed by atoms with Crippen LogP contribution in [0.3, 0.4) is 0 Å². The third-order valence-corrected chi connectivity index (χ3v) is 2.87. The molecule has 0 saturated carbocycles. The topological polar surface area (TPSA) is 69.0 Å². The molecule has 0 atom stereocenters. The lowest BCUT2D eigenvalue weighted by molar-refractivity contribution is 0.102. The molecule has 7 heteroatoms. The summed E-state index contributed by atoms with van der Waals surface area (Å²) < 4.78 is 7.35. The molecule has 0 spiro atoms. The van der Waals surface area contributed by atoms with E-state index < -0.39 is 0 Å². The molecule has 0 fully saturated rings. The van der Waals surface area contributed by atoms with Crippen LogP contribution in [0.4, 0.5) is 5.69 Å². The standard InChI is InChI=1S/C12H13BrN4O2/c1-19-5-4-17-8-10(7-15-17)16-12(18)9-2-3-11(13)14-6-9/h2-3,6-8H,4-5H2,1H3,(H,16,18). The van der Waals surface area contributed by atoms with Gasteiger partial charge in [0.15, 0.2) is 0 Å². The Morgan fingerprint density at radius 2 is 2.32 bits per heavy atom. The number of carbonyl (C=O) groups excluding carboxylic acids is 1. The maximum absolute atomic E-state index is 11.9. The number of methoxy groups -OCH3 is 1. The lowest BCUT2D eigenvalue weighted by Crippen LogP contribution is -2.11. The Morgan fingerprint density at radius 1 is 1.47 bits per heavy atom. The van der Waals surface area contributed by atoms with Crippen molar-refractivity contribution in [1.82, 2.24) is 14.8 Å². The van der Waals surface area contributed by atoms with E-state index in [4.69, 9.17) is 4.74 Å². The summed E-state index contributed by atoms with van der Waals surface area (Å²) in [5.74, 6) is -0.216. The molecule has 0 saturated heterocycles. The van der Waals surface area contributed by atoms with E-state index in [9.17, 15) is 4.79 Å². The Labute approximate surface area is 118 Å². The van der Waals surface area contributed by atoms with Crippen LogP contribution in [0.5, 0.6) is 0 Å². The summed E-state index contributed by atoms with van der Waals surface area (Å²) in [4.78, 5) is 15.9.